The first-order valence-corrected chi connectivity index (χ1v) is 11.8. The number of nitrogens with zero attached hydrogens (tertiary/aromatic N) is 3. The highest BCUT2D eigenvalue weighted by molar-refractivity contribution is 7.90. The molecule has 0 aromatic carbocycles. The van der Waals surface area contributed by atoms with Crippen molar-refractivity contribution in [1.29, 1.82) is 0 Å². The van der Waals surface area contributed by atoms with E-state index in [-0.39, 0.29) is 11.3 Å². The third kappa shape index (κ3) is 8.03. The Bertz CT molecular complexity index is 961. The SMILES string of the molecule is O=C(O)C(F)(F)F.O=C(O)C(F)(F)F.O=S(=O)(C1CC1)N1CC[C@@H]2[C@@H]1CCN2Cc1cccnc1. The number of hydrogen-bond acceptors (Lipinski definition) is 6. The van der Waals surface area contributed by atoms with Gasteiger partial charge < -0.3 is 10.2 Å². The number of sulfonamides is 1. The van der Waals surface area contributed by atoms with Gasteiger partial charge in [0.1, 0.15) is 0 Å². The van der Waals surface area contributed by atoms with Gasteiger partial charge in [0.05, 0.1) is 5.25 Å². The standard InChI is InChI=1S/C15H21N3O2S.2C2HF3O2/c19-21(20,13-3-4-13)18-9-6-14-15(18)5-8-17(14)11-12-2-1-7-16-10-12;2*3-2(4,5)1(6)7/h1-2,7,10,13-15H,3-6,8-9,11H2;2*(H,6,7)/t14-,15+;;/m1../s1. The molecule has 16 heteroatoms. The first kappa shape index (κ1) is 28.8. The van der Waals surface area contributed by atoms with Gasteiger partial charge in [-0.2, -0.15) is 30.6 Å². The lowest BCUT2D eigenvalue weighted by molar-refractivity contribution is -0.193. The highest BCUT2D eigenvalue weighted by Gasteiger charge is 2.51. The van der Waals surface area contributed by atoms with Gasteiger partial charge in [0.15, 0.2) is 0 Å². The predicted octanol–water partition coefficient (Wildman–Crippen LogP) is 2.49. The van der Waals surface area contributed by atoms with Crippen LogP contribution >= 0.6 is 0 Å². The molecule has 3 aliphatic rings. The van der Waals surface area contributed by atoms with Crippen molar-refractivity contribution in [1.82, 2.24) is 14.2 Å². The van der Waals surface area contributed by atoms with E-state index < -0.39 is 34.3 Å². The van der Waals surface area contributed by atoms with Crippen LogP contribution in [0.2, 0.25) is 0 Å². The van der Waals surface area contributed by atoms with E-state index in [1.165, 1.54) is 5.56 Å². The molecule has 4 rings (SSSR count). The molecule has 0 unspecified atom stereocenters. The Hall–Kier alpha value is -2.46. The number of aliphatic carboxylic acids is 2. The van der Waals surface area contributed by atoms with Crippen molar-refractivity contribution in [2.75, 3.05) is 13.1 Å². The van der Waals surface area contributed by atoms with Crippen molar-refractivity contribution in [2.45, 2.75) is 61.9 Å². The lowest BCUT2D eigenvalue weighted by Gasteiger charge is -2.25. The highest BCUT2D eigenvalue weighted by atomic mass is 32.2. The van der Waals surface area contributed by atoms with Crippen molar-refractivity contribution in [3.05, 3.63) is 30.1 Å². The van der Waals surface area contributed by atoms with Gasteiger partial charge in [-0.15, -0.1) is 0 Å². The average molecular weight is 535 g/mol. The fraction of sp³-hybridized carbons (Fsp3) is 0.632. The Labute approximate surface area is 196 Å². The first-order valence-electron chi connectivity index (χ1n) is 10.3. The number of aromatic nitrogens is 1. The number of hydrogen-bond donors (Lipinski definition) is 2. The smallest absolute Gasteiger partial charge is 0.475 e. The zero-order chi connectivity index (χ0) is 26.6. The van der Waals surface area contributed by atoms with Crippen LogP contribution in [0.25, 0.3) is 0 Å². The molecule has 1 aromatic heterocycles. The van der Waals surface area contributed by atoms with Crippen LogP contribution in [-0.4, -0.2) is 87.5 Å². The maximum Gasteiger partial charge on any atom is 0.490 e. The molecule has 3 fully saturated rings. The second kappa shape index (κ2) is 11.1. The summed E-state index contributed by atoms with van der Waals surface area (Å²) in [5, 5.41) is 14.2. The number of alkyl halides is 6. The summed E-state index contributed by atoms with van der Waals surface area (Å²) < 4.78 is 90.3. The van der Waals surface area contributed by atoms with Gasteiger partial charge in [-0.1, -0.05) is 6.07 Å². The lowest BCUT2D eigenvalue weighted by atomic mass is 10.1. The molecule has 1 aliphatic carbocycles. The number of likely N-dealkylation sites (tertiary alicyclic amines) is 1. The number of carboxylic acids is 2. The van der Waals surface area contributed by atoms with E-state index in [9.17, 15) is 34.8 Å². The van der Waals surface area contributed by atoms with E-state index in [0.29, 0.717) is 12.6 Å². The minimum Gasteiger partial charge on any atom is -0.475 e. The van der Waals surface area contributed by atoms with Crippen LogP contribution in [0, 0.1) is 0 Å². The third-order valence-corrected chi connectivity index (χ3v) is 7.93. The van der Waals surface area contributed by atoms with Crippen LogP contribution in [0.3, 0.4) is 0 Å². The van der Waals surface area contributed by atoms with Crippen LogP contribution in [0.5, 0.6) is 0 Å². The minimum atomic E-state index is -5.08. The fourth-order valence-corrected chi connectivity index (χ4v) is 5.93. The second-order valence-electron chi connectivity index (χ2n) is 8.00. The summed E-state index contributed by atoms with van der Waals surface area (Å²) in [7, 11) is -3.02. The van der Waals surface area contributed by atoms with Gasteiger partial charge in [-0.3, -0.25) is 9.88 Å². The van der Waals surface area contributed by atoms with Crippen molar-refractivity contribution in [3.63, 3.8) is 0 Å². The van der Waals surface area contributed by atoms with Crippen LogP contribution in [0.4, 0.5) is 26.3 Å². The lowest BCUT2D eigenvalue weighted by Crippen LogP contribution is -2.41. The molecular weight excluding hydrogens is 512 g/mol. The Morgan fingerprint density at radius 3 is 1.89 bits per heavy atom. The van der Waals surface area contributed by atoms with E-state index in [1.54, 1.807) is 6.20 Å². The normalized spacial score (nSPS) is 22.9. The maximum absolute atomic E-state index is 12.5. The number of carbonyl (C=O) groups is 2. The van der Waals surface area contributed by atoms with E-state index in [1.807, 2.05) is 16.6 Å². The molecule has 35 heavy (non-hydrogen) atoms. The number of carboxylic acid groups (broad SMARTS) is 2. The molecule has 1 saturated carbocycles. The molecule has 2 aliphatic heterocycles. The van der Waals surface area contributed by atoms with Gasteiger partial charge in [0.2, 0.25) is 10.0 Å². The van der Waals surface area contributed by atoms with Gasteiger partial charge in [0.25, 0.3) is 0 Å². The van der Waals surface area contributed by atoms with Gasteiger partial charge >= 0.3 is 24.3 Å². The number of rotatable bonds is 4. The monoisotopic (exact) mass is 535 g/mol. The first-order chi connectivity index (χ1) is 16.0. The Morgan fingerprint density at radius 1 is 0.943 bits per heavy atom. The predicted molar refractivity (Wildman–Crippen MR) is 107 cm³/mol. The van der Waals surface area contributed by atoms with E-state index in [0.717, 1.165) is 38.8 Å². The molecule has 2 N–H and O–H groups in total. The van der Waals surface area contributed by atoms with E-state index >= 15 is 0 Å². The summed E-state index contributed by atoms with van der Waals surface area (Å²) >= 11 is 0. The van der Waals surface area contributed by atoms with Gasteiger partial charge in [0, 0.05) is 44.1 Å². The van der Waals surface area contributed by atoms with Crippen LogP contribution < -0.4 is 0 Å². The van der Waals surface area contributed by atoms with Crippen molar-refractivity contribution in [3.8, 4) is 0 Å². The topological polar surface area (TPSA) is 128 Å². The molecule has 9 nitrogen and oxygen atoms in total. The minimum absolute atomic E-state index is 0.0800. The zero-order valence-electron chi connectivity index (χ0n) is 18.0. The Kier molecular flexibility index (Phi) is 9.10. The summed E-state index contributed by atoms with van der Waals surface area (Å²) in [6.07, 6.45) is -2.82. The number of pyridine rings is 1. The summed E-state index contributed by atoms with van der Waals surface area (Å²) in [6.45, 7) is 2.57. The largest absolute Gasteiger partial charge is 0.490 e. The van der Waals surface area contributed by atoms with E-state index in [4.69, 9.17) is 19.8 Å². The summed E-state index contributed by atoms with van der Waals surface area (Å²) in [5.74, 6) is -5.51. The highest BCUT2D eigenvalue weighted by Crippen LogP contribution is 2.39. The molecule has 0 radical (unpaired) electrons. The third-order valence-electron chi connectivity index (χ3n) is 5.51. The molecule has 2 atom stereocenters. The average Bonchev–Trinajstić information content (AvgIpc) is 3.41. The van der Waals surface area contributed by atoms with Crippen LogP contribution in [0.15, 0.2) is 24.5 Å². The van der Waals surface area contributed by atoms with E-state index in [2.05, 4.69) is 16.0 Å². The Morgan fingerprint density at radius 2 is 1.46 bits per heavy atom. The zero-order valence-corrected chi connectivity index (χ0v) is 18.9. The summed E-state index contributed by atoms with van der Waals surface area (Å²) in [5.41, 5.74) is 1.21. The maximum atomic E-state index is 12.5. The van der Waals surface area contributed by atoms with Crippen LogP contribution in [0.1, 0.15) is 31.2 Å². The van der Waals surface area contributed by atoms with Crippen LogP contribution in [-0.2, 0) is 26.2 Å². The number of fused-ring (bicyclic) bond motifs is 1. The molecule has 2 saturated heterocycles. The van der Waals surface area contributed by atoms with Gasteiger partial charge in [-0.05, 0) is 37.3 Å². The quantitative estimate of drug-likeness (QED) is 0.563. The van der Waals surface area contributed by atoms with Crippen molar-refractivity contribution >= 4 is 22.0 Å². The van der Waals surface area contributed by atoms with Gasteiger partial charge in [-0.25, -0.2) is 18.0 Å². The fourth-order valence-electron chi connectivity index (χ4n) is 3.83. The molecule has 1 aromatic rings. The van der Waals surface area contributed by atoms with Crippen molar-refractivity contribution in [2.24, 2.45) is 0 Å². The summed E-state index contributed by atoms with van der Waals surface area (Å²) in [4.78, 5) is 24.4. The van der Waals surface area contributed by atoms with Crippen molar-refractivity contribution < 1.29 is 54.6 Å². The molecular formula is C19H23F6N3O6S. The molecule has 3 heterocycles. The Balaban J connectivity index is 0.000000257. The molecule has 198 valence electrons. The summed E-state index contributed by atoms with van der Waals surface area (Å²) in [6, 6.07) is 4.64. The second-order valence-corrected chi connectivity index (χ2v) is 10.2. The number of halogens is 6. The molecule has 0 bridgehead atoms. The molecule has 0 amide bonds. The molecule has 0 spiro atoms.